The summed E-state index contributed by atoms with van der Waals surface area (Å²) < 4.78 is 17.0. The fourth-order valence-corrected chi connectivity index (χ4v) is 0.728. The molecule has 0 radical (unpaired) electrons. The third-order valence-corrected chi connectivity index (χ3v) is 0.978. The molecule has 1 unspecified atom stereocenters. The van der Waals surface area contributed by atoms with Crippen molar-refractivity contribution in [2.24, 2.45) is 0 Å². The Bertz CT molecular complexity index is 50.1. The minimum atomic E-state index is -1.73. The van der Waals surface area contributed by atoms with Crippen LogP contribution in [-0.4, -0.2) is 4.15 Å². The molecule has 0 heterocycles. The molecule has 0 aliphatic rings. The lowest BCUT2D eigenvalue weighted by molar-refractivity contribution is 0.446. The van der Waals surface area contributed by atoms with Crippen molar-refractivity contribution < 1.29 is 5.76 Å². The highest BCUT2D eigenvalue weighted by atomic mass is 127. The molecule has 0 N–H and O–H groups in total. The second-order valence-corrected chi connectivity index (χ2v) is 2.26. The van der Waals surface area contributed by atoms with E-state index in [4.69, 9.17) is 1.37 Å². The highest BCUT2D eigenvalue weighted by Gasteiger charge is 1.92. The number of halogens is 2. The van der Waals surface area contributed by atoms with E-state index in [9.17, 15) is 4.39 Å². The molecule has 0 aromatic carbocycles. The van der Waals surface area contributed by atoms with Crippen molar-refractivity contribution in [1.82, 2.24) is 0 Å². The quantitative estimate of drug-likeness (QED) is 0.478. The minimum absolute atomic E-state index is 0.327. The molecule has 0 saturated carbocycles. The van der Waals surface area contributed by atoms with Crippen LogP contribution in [0, 0.1) is 0 Å². The Morgan fingerprint density at radius 1 is 2.17 bits per heavy atom. The van der Waals surface area contributed by atoms with Crippen molar-refractivity contribution in [1.29, 1.82) is 0 Å². The van der Waals surface area contributed by atoms with Crippen LogP contribution in [0.15, 0.2) is 0 Å². The van der Waals surface area contributed by atoms with Gasteiger partial charge in [-0.15, -0.1) is 0 Å². The van der Waals surface area contributed by atoms with Crippen molar-refractivity contribution in [2.45, 2.75) is 23.9 Å². The first-order chi connectivity index (χ1) is 3.06. The molecule has 2 heteroatoms. The zero-order valence-electron chi connectivity index (χ0n) is 4.67. The molecule has 0 spiro atoms. The van der Waals surface area contributed by atoms with Gasteiger partial charge >= 0.3 is 0 Å². The smallest absolute Gasteiger partial charge is 0.151 e. The van der Waals surface area contributed by atoms with Gasteiger partial charge in [0.05, 0.1) is 1.37 Å². The first-order valence-corrected chi connectivity index (χ1v) is 3.02. The van der Waals surface area contributed by atoms with Crippen LogP contribution in [0.3, 0.4) is 0 Å². The first kappa shape index (κ1) is 4.81. The van der Waals surface area contributed by atoms with Gasteiger partial charge in [0.1, 0.15) is 0 Å². The topological polar surface area (TPSA) is 0 Å². The molecule has 0 aliphatic carbocycles. The maximum Gasteiger partial charge on any atom is 0.151 e. The molecule has 0 aliphatic heterocycles. The summed E-state index contributed by atoms with van der Waals surface area (Å²) in [7, 11) is 0. The molecule has 1 atom stereocenters. The van der Waals surface area contributed by atoms with E-state index in [2.05, 4.69) is 0 Å². The zero-order chi connectivity index (χ0) is 5.91. The number of alkyl halides is 2. The van der Waals surface area contributed by atoms with Crippen LogP contribution in [0.2, 0.25) is 0 Å². The maximum atomic E-state index is 12.0. The second kappa shape index (κ2) is 3.84. The normalized spacial score (nSPS) is 22.2. The predicted octanol–water partition coefficient (Wildman–Crippen LogP) is 2.52. The monoisotopic (exact) mass is 204 g/mol. The fraction of sp³-hybridized carbons (Fsp3) is 1.00. The highest BCUT2D eigenvalue weighted by Crippen LogP contribution is 2.07. The van der Waals surface area contributed by atoms with E-state index in [0.29, 0.717) is 6.42 Å². The van der Waals surface area contributed by atoms with Crippen molar-refractivity contribution in [2.75, 3.05) is 0 Å². The van der Waals surface area contributed by atoms with Gasteiger partial charge in [0, 0.05) is 0 Å². The van der Waals surface area contributed by atoms with E-state index in [1.54, 1.807) is 0 Å². The van der Waals surface area contributed by atoms with Crippen LogP contribution >= 0.6 is 22.6 Å². The number of rotatable bonds is 2. The lowest BCUT2D eigenvalue weighted by atomic mass is 10.4. The van der Waals surface area contributed by atoms with Crippen LogP contribution in [0.25, 0.3) is 0 Å². The van der Waals surface area contributed by atoms with Gasteiger partial charge in [-0.05, 0) is 29.0 Å². The Balaban J connectivity index is 3.15. The van der Waals surface area contributed by atoms with E-state index >= 15 is 0 Å². The summed E-state index contributed by atoms with van der Waals surface area (Å²) in [4.78, 5) is 0. The van der Waals surface area contributed by atoms with E-state index in [1.165, 1.54) is 22.6 Å². The van der Waals surface area contributed by atoms with Crippen molar-refractivity contribution in [3.8, 4) is 0 Å². The lowest BCUT2D eigenvalue weighted by Gasteiger charge is -1.89. The third kappa shape index (κ3) is 4.66. The zero-order valence-corrected chi connectivity index (χ0v) is 5.83. The molecular weight excluding hydrogens is 194 g/mol. The van der Waals surface area contributed by atoms with Gasteiger partial charge in [-0.3, -0.25) is 0 Å². The van der Waals surface area contributed by atoms with E-state index in [0.717, 1.165) is 6.42 Å². The number of hydrogen-bond donors (Lipinski definition) is 0. The lowest BCUT2D eigenvalue weighted by Crippen LogP contribution is -1.81. The SMILES string of the molecule is [3H]C(F)(I)CCC. The summed E-state index contributed by atoms with van der Waals surface area (Å²) >= 11 is 1.48. The van der Waals surface area contributed by atoms with Crippen molar-refractivity contribution in [3.05, 3.63) is 0 Å². The number of hydrogen-bond acceptors (Lipinski definition) is 0. The van der Waals surface area contributed by atoms with Gasteiger partial charge in [-0.2, -0.15) is 0 Å². The van der Waals surface area contributed by atoms with Crippen LogP contribution in [0.5, 0.6) is 0 Å². The third-order valence-electron chi connectivity index (χ3n) is 0.439. The summed E-state index contributed by atoms with van der Waals surface area (Å²) in [5, 5.41) is 0. The fourth-order valence-electron chi connectivity index (χ4n) is 0.189. The van der Waals surface area contributed by atoms with Crippen molar-refractivity contribution in [3.63, 3.8) is 0 Å². The van der Waals surface area contributed by atoms with Gasteiger partial charge in [-0.1, -0.05) is 13.3 Å². The Labute approximate surface area is 52.7 Å². The molecular formula is C4H8FI. The largest absolute Gasteiger partial charge is 0.236 e. The van der Waals surface area contributed by atoms with Crippen LogP contribution in [0.1, 0.15) is 21.1 Å². The summed E-state index contributed by atoms with van der Waals surface area (Å²) in [5.74, 6) is 0. The predicted molar refractivity (Wildman–Crippen MR) is 33.8 cm³/mol. The van der Waals surface area contributed by atoms with Crippen molar-refractivity contribution >= 4 is 22.6 Å². The highest BCUT2D eigenvalue weighted by molar-refractivity contribution is 14.1. The summed E-state index contributed by atoms with van der Waals surface area (Å²) in [6.45, 7) is 1.86. The molecule has 0 bridgehead atoms. The van der Waals surface area contributed by atoms with Crippen LogP contribution in [-0.2, 0) is 0 Å². The van der Waals surface area contributed by atoms with Crippen LogP contribution < -0.4 is 0 Å². The van der Waals surface area contributed by atoms with Gasteiger partial charge < -0.3 is 0 Å². The summed E-state index contributed by atoms with van der Waals surface area (Å²) in [6.07, 6.45) is 1.07. The Kier molecular flexibility index (Phi) is 3.08. The average Bonchev–Trinajstić information content (AvgIpc) is 1.30. The molecule has 0 nitrogen and oxygen atoms in total. The molecule has 38 valence electrons. The molecule has 0 aromatic heterocycles. The standard InChI is InChI=1S/C4H8FI/c1-2-3-4(5)6/h4H,2-3H2,1H3/i4T. The van der Waals surface area contributed by atoms with E-state index in [1.807, 2.05) is 6.92 Å². The second-order valence-electron chi connectivity index (χ2n) is 1.09. The molecule has 0 amide bonds. The van der Waals surface area contributed by atoms with Gasteiger partial charge in [0.2, 0.25) is 0 Å². The minimum Gasteiger partial charge on any atom is -0.236 e. The average molecular weight is 204 g/mol. The van der Waals surface area contributed by atoms with E-state index in [-0.39, 0.29) is 0 Å². The van der Waals surface area contributed by atoms with Crippen LogP contribution in [0.4, 0.5) is 4.39 Å². The Morgan fingerprint density at radius 2 is 2.67 bits per heavy atom. The van der Waals surface area contributed by atoms with Gasteiger partial charge in [0.25, 0.3) is 0 Å². The molecule has 0 aromatic rings. The summed E-state index contributed by atoms with van der Waals surface area (Å²) in [6, 6.07) is 0. The van der Waals surface area contributed by atoms with E-state index < -0.39 is 4.15 Å². The first-order valence-electron chi connectivity index (χ1n) is 2.44. The summed E-state index contributed by atoms with van der Waals surface area (Å²) in [5.41, 5.74) is 0. The maximum absolute atomic E-state index is 12.0. The molecule has 0 fully saturated rings. The van der Waals surface area contributed by atoms with Gasteiger partial charge in [-0.25, -0.2) is 4.39 Å². The molecule has 6 heavy (non-hydrogen) atoms. The Hall–Kier alpha value is 0.660. The Morgan fingerprint density at radius 3 is 2.67 bits per heavy atom. The molecule has 0 rings (SSSR count). The van der Waals surface area contributed by atoms with Gasteiger partial charge in [0.15, 0.2) is 4.15 Å². The molecule has 0 saturated heterocycles.